The zero-order chi connectivity index (χ0) is 10.1. The van der Waals surface area contributed by atoms with Gasteiger partial charge in [0.25, 0.3) is 0 Å². The van der Waals surface area contributed by atoms with Crippen LogP contribution in [0.5, 0.6) is 0 Å². The van der Waals surface area contributed by atoms with Crippen molar-refractivity contribution in [3.63, 3.8) is 0 Å². The van der Waals surface area contributed by atoms with Gasteiger partial charge >= 0.3 is 0 Å². The molecule has 2 heteroatoms. The summed E-state index contributed by atoms with van der Waals surface area (Å²) < 4.78 is 0. The van der Waals surface area contributed by atoms with Gasteiger partial charge in [-0.1, -0.05) is 13.3 Å². The van der Waals surface area contributed by atoms with E-state index in [2.05, 4.69) is 19.2 Å². The SMILES string of the molecule is CC[C@H](C)NC(=O)[C@@H]1C[C@H]2CC[C@H]1C2. The van der Waals surface area contributed by atoms with Gasteiger partial charge in [0.2, 0.25) is 5.91 Å². The molecule has 0 aromatic rings. The van der Waals surface area contributed by atoms with Crippen LogP contribution in [0.3, 0.4) is 0 Å². The second-order valence-electron chi connectivity index (χ2n) is 5.10. The lowest BCUT2D eigenvalue weighted by Crippen LogP contribution is -2.38. The van der Waals surface area contributed by atoms with E-state index in [4.69, 9.17) is 0 Å². The molecule has 4 atom stereocenters. The van der Waals surface area contributed by atoms with Crippen molar-refractivity contribution in [2.45, 2.75) is 52.0 Å². The smallest absolute Gasteiger partial charge is 0.223 e. The lowest BCUT2D eigenvalue weighted by atomic mass is 9.88. The number of fused-ring (bicyclic) bond motifs is 2. The minimum atomic E-state index is 0.326. The highest BCUT2D eigenvalue weighted by Gasteiger charge is 2.43. The van der Waals surface area contributed by atoms with E-state index in [0.29, 0.717) is 23.8 Å². The Morgan fingerprint density at radius 2 is 2.21 bits per heavy atom. The molecule has 2 aliphatic rings. The summed E-state index contributed by atoms with van der Waals surface area (Å²) in [6.07, 6.45) is 6.18. The van der Waals surface area contributed by atoms with Crippen LogP contribution in [-0.2, 0) is 4.79 Å². The minimum Gasteiger partial charge on any atom is -0.353 e. The molecule has 2 fully saturated rings. The van der Waals surface area contributed by atoms with Gasteiger partial charge in [-0.2, -0.15) is 0 Å². The first kappa shape index (κ1) is 10.0. The Kier molecular flexibility index (Phi) is 2.80. The Morgan fingerprint density at radius 3 is 2.71 bits per heavy atom. The molecule has 2 saturated carbocycles. The summed E-state index contributed by atoms with van der Waals surface area (Å²) in [7, 11) is 0. The predicted octanol–water partition coefficient (Wildman–Crippen LogP) is 2.34. The van der Waals surface area contributed by atoms with Crippen LogP contribution in [0.15, 0.2) is 0 Å². The maximum atomic E-state index is 11.9. The Morgan fingerprint density at radius 1 is 1.43 bits per heavy atom. The molecule has 0 unspecified atom stereocenters. The Labute approximate surface area is 86.5 Å². The van der Waals surface area contributed by atoms with E-state index < -0.39 is 0 Å². The van der Waals surface area contributed by atoms with Gasteiger partial charge in [0.1, 0.15) is 0 Å². The van der Waals surface area contributed by atoms with Gasteiger partial charge < -0.3 is 5.32 Å². The largest absolute Gasteiger partial charge is 0.353 e. The molecular weight excluding hydrogens is 174 g/mol. The zero-order valence-electron chi connectivity index (χ0n) is 9.25. The quantitative estimate of drug-likeness (QED) is 0.735. The highest BCUT2D eigenvalue weighted by molar-refractivity contribution is 5.79. The van der Waals surface area contributed by atoms with E-state index in [1.54, 1.807) is 0 Å². The highest BCUT2D eigenvalue weighted by atomic mass is 16.2. The summed E-state index contributed by atoms with van der Waals surface area (Å²) in [5.74, 6) is 2.26. The molecule has 14 heavy (non-hydrogen) atoms. The number of carbonyl (C=O) groups excluding carboxylic acids is 1. The number of amides is 1. The molecule has 1 N–H and O–H groups in total. The second kappa shape index (κ2) is 3.92. The van der Waals surface area contributed by atoms with Crippen LogP contribution in [0.25, 0.3) is 0 Å². The summed E-state index contributed by atoms with van der Waals surface area (Å²) in [6, 6.07) is 0.349. The van der Waals surface area contributed by atoms with Crippen molar-refractivity contribution < 1.29 is 4.79 Å². The molecule has 0 saturated heterocycles. The van der Waals surface area contributed by atoms with E-state index in [1.165, 1.54) is 19.3 Å². The molecule has 0 radical (unpaired) electrons. The van der Waals surface area contributed by atoms with Crippen LogP contribution >= 0.6 is 0 Å². The zero-order valence-corrected chi connectivity index (χ0v) is 9.25. The first-order chi connectivity index (χ1) is 6.70. The van der Waals surface area contributed by atoms with E-state index in [1.807, 2.05) is 0 Å². The summed E-state index contributed by atoms with van der Waals surface area (Å²) in [6.45, 7) is 4.21. The third-order valence-electron chi connectivity index (χ3n) is 4.08. The van der Waals surface area contributed by atoms with Crippen molar-refractivity contribution >= 4 is 5.91 Å². The van der Waals surface area contributed by atoms with Gasteiger partial charge in [0.15, 0.2) is 0 Å². The fourth-order valence-corrected chi connectivity index (χ4v) is 3.02. The number of hydrogen-bond donors (Lipinski definition) is 1. The van der Waals surface area contributed by atoms with E-state index in [0.717, 1.165) is 18.8 Å². The van der Waals surface area contributed by atoms with Crippen LogP contribution in [0.1, 0.15) is 46.0 Å². The van der Waals surface area contributed by atoms with Gasteiger partial charge in [-0.15, -0.1) is 0 Å². The minimum absolute atomic E-state index is 0.326. The highest BCUT2D eigenvalue weighted by Crippen LogP contribution is 2.48. The number of carbonyl (C=O) groups is 1. The van der Waals surface area contributed by atoms with Crippen LogP contribution in [0, 0.1) is 17.8 Å². The van der Waals surface area contributed by atoms with Gasteiger partial charge in [-0.05, 0) is 44.4 Å². The van der Waals surface area contributed by atoms with Crippen molar-refractivity contribution in [1.82, 2.24) is 5.32 Å². The standard InChI is InChI=1S/C12H21NO/c1-3-8(2)13-12(14)11-7-9-4-5-10(11)6-9/h8-11H,3-7H2,1-2H3,(H,13,14)/t8-,9-,10-,11+/m0/s1. The van der Waals surface area contributed by atoms with Crippen molar-refractivity contribution in [1.29, 1.82) is 0 Å². The maximum Gasteiger partial charge on any atom is 0.223 e. The van der Waals surface area contributed by atoms with Gasteiger partial charge in [-0.3, -0.25) is 4.79 Å². The first-order valence-electron chi connectivity index (χ1n) is 6.01. The van der Waals surface area contributed by atoms with E-state index >= 15 is 0 Å². The summed E-state index contributed by atoms with van der Waals surface area (Å²) >= 11 is 0. The van der Waals surface area contributed by atoms with E-state index in [-0.39, 0.29) is 0 Å². The number of hydrogen-bond acceptors (Lipinski definition) is 1. The van der Waals surface area contributed by atoms with Crippen LogP contribution in [-0.4, -0.2) is 11.9 Å². The molecular formula is C12H21NO. The van der Waals surface area contributed by atoms with E-state index in [9.17, 15) is 4.79 Å². The van der Waals surface area contributed by atoms with Crippen LogP contribution in [0.4, 0.5) is 0 Å². The molecule has 0 aromatic carbocycles. The third-order valence-corrected chi connectivity index (χ3v) is 4.08. The molecule has 0 aliphatic heterocycles. The fourth-order valence-electron chi connectivity index (χ4n) is 3.02. The molecule has 2 rings (SSSR count). The summed E-state index contributed by atoms with van der Waals surface area (Å²) in [5, 5.41) is 3.12. The third kappa shape index (κ3) is 1.79. The van der Waals surface area contributed by atoms with Gasteiger partial charge in [-0.25, -0.2) is 0 Å². The molecule has 2 aliphatic carbocycles. The van der Waals surface area contributed by atoms with Gasteiger partial charge in [0.05, 0.1) is 0 Å². The molecule has 0 heterocycles. The topological polar surface area (TPSA) is 29.1 Å². The van der Waals surface area contributed by atoms with Crippen molar-refractivity contribution in [3.8, 4) is 0 Å². The normalized spacial score (nSPS) is 37.1. The monoisotopic (exact) mass is 195 g/mol. The molecule has 2 nitrogen and oxygen atoms in total. The summed E-state index contributed by atoms with van der Waals surface area (Å²) in [4.78, 5) is 11.9. The lowest BCUT2D eigenvalue weighted by Gasteiger charge is -2.22. The average Bonchev–Trinajstić information content (AvgIpc) is 2.78. The molecule has 80 valence electrons. The Balaban J connectivity index is 1.87. The van der Waals surface area contributed by atoms with Crippen molar-refractivity contribution in [2.75, 3.05) is 0 Å². The second-order valence-corrected chi connectivity index (χ2v) is 5.10. The molecule has 0 aromatic heterocycles. The lowest BCUT2D eigenvalue weighted by molar-refractivity contribution is -0.127. The molecule has 0 spiro atoms. The van der Waals surface area contributed by atoms with Crippen molar-refractivity contribution in [2.24, 2.45) is 17.8 Å². The van der Waals surface area contributed by atoms with Crippen molar-refractivity contribution in [3.05, 3.63) is 0 Å². The first-order valence-corrected chi connectivity index (χ1v) is 6.01. The van der Waals surface area contributed by atoms with Crippen LogP contribution in [0.2, 0.25) is 0 Å². The Hall–Kier alpha value is -0.530. The number of nitrogens with one attached hydrogen (secondary N) is 1. The maximum absolute atomic E-state index is 11.9. The molecule has 1 amide bonds. The summed E-state index contributed by atoms with van der Waals surface area (Å²) in [5.41, 5.74) is 0. The van der Waals surface area contributed by atoms with Crippen LogP contribution < -0.4 is 5.32 Å². The fraction of sp³-hybridized carbons (Fsp3) is 0.917. The predicted molar refractivity (Wildman–Crippen MR) is 56.8 cm³/mol. The Bertz CT molecular complexity index is 226. The molecule has 2 bridgehead atoms. The number of rotatable bonds is 3. The average molecular weight is 195 g/mol. The van der Waals surface area contributed by atoms with Gasteiger partial charge in [0, 0.05) is 12.0 Å².